The summed E-state index contributed by atoms with van der Waals surface area (Å²) in [6.07, 6.45) is 3.10. The predicted octanol–water partition coefficient (Wildman–Crippen LogP) is 8.18. The lowest BCUT2D eigenvalue weighted by Gasteiger charge is -2.35. The van der Waals surface area contributed by atoms with E-state index in [4.69, 9.17) is 19.7 Å². The van der Waals surface area contributed by atoms with Crippen molar-refractivity contribution in [2.45, 2.75) is 105 Å². The third-order valence-corrected chi connectivity index (χ3v) is 11.1. The van der Waals surface area contributed by atoms with Gasteiger partial charge < -0.3 is 14.2 Å². The molecule has 2 aromatic carbocycles. The third-order valence-electron chi connectivity index (χ3n) is 9.79. The highest BCUT2D eigenvalue weighted by molar-refractivity contribution is 7.92. The molecule has 0 saturated heterocycles. The largest absolute Gasteiger partial charge is 0.475 e. The zero-order valence-corrected chi connectivity index (χ0v) is 34.2. The summed E-state index contributed by atoms with van der Waals surface area (Å²) in [6, 6.07) is 13.8. The third kappa shape index (κ3) is 8.13. The fourth-order valence-electron chi connectivity index (χ4n) is 7.34. The normalized spacial score (nSPS) is 16.4. The Morgan fingerprint density at radius 1 is 0.981 bits per heavy atom. The summed E-state index contributed by atoms with van der Waals surface area (Å²) < 4.78 is 39.2. The first kappa shape index (κ1) is 38.9. The molecule has 0 radical (unpaired) electrons. The Morgan fingerprint density at radius 3 is 2.39 bits per heavy atom. The average molecular weight is 752 g/mol. The Labute approximate surface area is 319 Å². The van der Waals surface area contributed by atoms with E-state index in [9.17, 15) is 13.2 Å². The number of sulfonamides is 1. The first-order chi connectivity index (χ1) is 25.2. The number of rotatable bonds is 6. The summed E-state index contributed by atoms with van der Waals surface area (Å²) in [5.41, 5.74) is 7.40. The van der Waals surface area contributed by atoms with Gasteiger partial charge in [-0.25, -0.2) is 23.1 Å². The molecule has 1 N–H and O–H groups in total. The molecule has 3 aromatic heterocycles. The maximum atomic E-state index is 14.7. The van der Waals surface area contributed by atoms with Crippen molar-refractivity contribution < 1.29 is 17.9 Å². The van der Waals surface area contributed by atoms with E-state index in [2.05, 4.69) is 81.8 Å². The number of benzene rings is 2. The Morgan fingerprint density at radius 2 is 1.70 bits per heavy atom. The Hall–Kier alpha value is -4.84. The standard InChI is InChI=1S/C42H53N7O4S/c1-25(2)18-28-15-12-14-26(3)35(28)36-27(4)38-46-40(45-36)47-54(51,52)32-17-13-16-29(19-32)39(50)49(31(24-53-38)21-41(5,6)7)23-30-22-43-33-20-34(42(8,9)10)48(11)37(33)44-30/h12-17,19-20,22,25,31H,18,21,23-24H2,1-11H3,(H,45,46,47)/t31-/m1/s1. The second-order valence-electron chi connectivity index (χ2n) is 17.2. The topological polar surface area (TPSA) is 132 Å². The quantitative estimate of drug-likeness (QED) is 0.184. The van der Waals surface area contributed by atoms with Gasteiger partial charge in [-0.2, -0.15) is 4.98 Å². The first-order valence-electron chi connectivity index (χ1n) is 18.6. The molecule has 12 heteroatoms. The van der Waals surface area contributed by atoms with Gasteiger partial charge in [0.05, 0.1) is 35.1 Å². The van der Waals surface area contributed by atoms with Crippen molar-refractivity contribution >= 4 is 33.0 Å². The van der Waals surface area contributed by atoms with Gasteiger partial charge >= 0.3 is 0 Å². The number of carbonyl (C=O) groups excluding carboxylic acids is 1. The summed E-state index contributed by atoms with van der Waals surface area (Å²) >= 11 is 0. The van der Waals surface area contributed by atoms with E-state index in [1.165, 1.54) is 12.1 Å². The number of amides is 1. The van der Waals surface area contributed by atoms with Gasteiger partial charge in [-0.1, -0.05) is 79.7 Å². The van der Waals surface area contributed by atoms with Gasteiger partial charge in [-0.3, -0.25) is 9.78 Å². The number of aromatic nitrogens is 5. The van der Waals surface area contributed by atoms with Crippen LogP contribution in [-0.2, 0) is 35.5 Å². The van der Waals surface area contributed by atoms with Crippen LogP contribution in [0.2, 0.25) is 0 Å². The lowest BCUT2D eigenvalue weighted by molar-refractivity contribution is 0.0508. The number of hydrogen-bond acceptors (Lipinski definition) is 8. The number of ether oxygens (including phenoxy) is 1. The highest BCUT2D eigenvalue weighted by Gasteiger charge is 2.33. The van der Waals surface area contributed by atoms with Crippen molar-refractivity contribution in [3.05, 3.63) is 88.4 Å². The number of nitrogens with zero attached hydrogens (tertiary/aromatic N) is 6. The predicted molar refractivity (Wildman–Crippen MR) is 213 cm³/mol. The number of fused-ring (bicyclic) bond motifs is 5. The number of nitrogens with one attached hydrogen (secondary N) is 1. The molecule has 0 aliphatic carbocycles. The highest BCUT2D eigenvalue weighted by Crippen LogP contribution is 2.36. The molecule has 0 unspecified atom stereocenters. The second kappa shape index (κ2) is 14.4. The lowest BCUT2D eigenvalue weighted by Crippen LogP contribution is -2.45. The fourth-order valence-corrected chi connectivity index (χ4v) is 8.32. The van der Waals surface area contributed by atoms with Crippen LogP contribution in [0.3, 0.4) is 0 Å². The maximum Gasteiger partial charge on any atom is 0.264 e. The van der Waals surface area contributed by atoms with Gasteiger partial charge in [0.2, 0.25) is 11.8 Å². The van der Waals surface area contributed by atoms with Crippen molar-refractivity contribution in [3.63, 3.8) is 0 Å². The van der Waals surface area contributed by atoms with Crippen LogP contribution in [0.5, 0.6) is 5.88 Å². The minimum Gasteiger partial charge on any atom is -0.475 e. The van der Waals surface area contributed by atoms with Crippen LogP contribution < -0.4 is 9.46 Å². The molecule has 11 nitrogen and oxygen atoms in total. The summed E-state index contributed by atoms with van der Waals surface area (Å²) in [4.78, 5) is 35.6. The Kier molecular flexibility index (Phi) is 10.4. The van der Waals surface area contributed by atoms with Crippen LogP contribution in [0.25, 0.3) is 22.4 Å². The molecule has 0 fully saturated rings. The monoisotopic (exact) mass is 751 g/mol. The van der Waals surface area contributed by atoms with E-state index in [1.807, 2.05) is 33.0 Å². The van der Waals surface area contributed by atoms with Crippen LogP contribution in [0.15, 0.2) is 59.6 Å². The minimum atomic E-state index is -4.22. The van der Waals surface area contributed by atoms with Gasteiger partial charge in [0, 0.05) is 34.8 Å². The van der Waals surface area contributed by atoms with E-state index in [1.54, 1.807) is 23.2 Å². The van der Waals surface area contributed by atoms with Gasteiger partial charge in [0.15, 0.2) is 5.65 Å². The Balaban J connectivity index is 1.52. The zero-order chi connectivity index (χ0) is 39.3. The molecule has 1 aliphatic heterocycles. The molecule has 0 saturated carbocycles. The SMILES string of the molecule is Cc1cccc(CC(C)C)c1-c1nc2nc(c1C)OC[C@@H](CC(C)(C)C)N(Cc1cnc3cc(C(C)(C)C)n(C)c3n1)C(=O)c1cccc(c1)S(=O)(=O)N2. The minimum absolute atomic E-state index is 0.0794. The van der Waals surface area contributed by atoms with Gasteiger partial charge in [0.1, 0.15) is 12.1 Å². The molecule has 5 aromatic rings. The summed E-state index contributed by atoms with van der Waals surface area (Å²) in [5, 5.41) is 0. The van der Waals surface area contributed by atoms with Gasteiger partial charge in [-0.05, 0) is 73.4 Å². The van der Waals surface area contributed by atoms with Crippen molar-refractivity contribution in [2.75, 3.05) is 11.3 Å². The van der Waals surface area contributed by atoms with Crippen molar-refractivity contribution in [1.29, 1.82) is 0 Å². The zero-order valence-electron chi connectivity index (χ0n) is 33.4. The van der Waals surface area contributed by atoms with E-state index in [0.29, 0.717) is 29.3 Å². The molecule has 286 valence electrons. The van der Waals surface area contributed by atoms with E-state index in [-0.39, 0.29) is 52.2 Å². The van der Waals surface area contributed by atoms with Crippen LogP contribution in [0, 0.1) is 25.2 Å². The molecule has 6 rings (SSSR count). The van der Waals surface area contributed by atoms with E-state index >= 15 is 0 Å². The molecule has 1 amide bonds. The molecular weight excluding hydrogens is 699 g/mol. The Bertz CT molecular complexity index is 2340. The number of aryl methyl sites for hydroxylation is 2. The van der Waals surface area contributed by atoms with Crippen molar-refractivity contribution in [1.82, 2.24) is 29.4 Å². The van der Waals surface area contributed by atoms with Crippen LogP contribution in [0.1, 0.15) is 100 Å². The van der Waals surface area contributed by atoms with Crippen LogP contribution >= 0.6 is 0 Å². The molecule has 0 spiro atoms. The summed E-state index contributed by atoms with van der Waals surface area (Å²) in [5.74, 6) is 0.171. The lowest BCUT2D eigenvalue weighted by atomic mass is 9.87. The molecule has 1 aliphatic rings. The molecule has 4 heterocycles. The number of anilines is 1. The van der Waals surface area contributed by atoms with E-state index in [0.717, 1.165) is 40.0 Å². The highest BCUT2D eigenvalue weighted by atomic mass is 32.2. The number of hydrogen-bond donors (Lipinski definition) is 1. The second-order valence-corrected chi connectivity index (χ2v) is 18.9. The average Bonchev–Trinajstić information content (AvgIpc) is 3.41. The van der Waals surface area contributed by atoms with Crippen LogP contribution in [0.4, 0.5) is 5.95 Å². The molecule has 4 bridgehead atoms. The van der Waals surface area contributed by atoms with Crippen molar-refractivity contribution in [3.8, 4) is 17.1 Å². The number of carbonyl (C=O) groups is 1. The fraction of sp³-hybridized carbons (Fsp3) is 0.452. The smallest absolute Gasteiger partial charge is 0.264 e. The van der Waals surface area contributed by atoms with Gasteiger partial charge in [0.25, 0.3) is 15.9 Å². The first-order valence-corrected chi connectivity index (χ1v) is 20.1. The summed E-state index contributed by atoms with van der Waals surface area (Å²) in [6.45, 7) is 21.3. The molecular formula is C42H53N7O4S. The maximum absolute atomic E-state index is 14.7. The van der Waals surface area contributed by atoms with Crippen molar-refractivity contribution in [2.24, 2.45) is 18.4 Å². The van der Waals surface area contributed by atoms with Crippen LogP contribution in [-0.4, -0.2) is 56.4 Å². The molecule has 1 atom stereocenters. The summed E-state index contributed by atoms with van der Waals surface area (Å²) in [7, 11) is -2.23. The van der Waals surface area contributed by atoms with E-state index < -0.39 is 16.1 Å². The molecule has 54 heavy (non-hydrogen) atoms. The van der Waals surface area contributed by atoms with Gasteiger partial charge in [-0.15, -0.1) is 0 Å².